The first-order valence-electron chi connectivity index (χ1n) is 7.15. The van der Waals surface area contributed by atoms with Gasteiger partial charge in [-0.15, -0.1) is 11.3 Å². The van der Waals surface area contributed by atoms with Crippen molar-refractivity contribution in [2.75, 3.05) is 0 Å². The number of rotatable bonds is 4. The van der Waals surface area contributed by atoms with Crippen LogP contribution in [0.2, 0.25) is 0 Å². The highest BCUT2D eigenvalue weighted by atomic mass is 32.1. The summed E-state index contributed by atoms with van der Waals surface area (Å²) < 4.78 is 5.34. The van der Waals surface area contributed by atoms with Gasteiger partial charge in [-0.3, -0.25) is 10.1 Å². The molecule has 2 aromatic rings. The zero-order valence-electron chi connectivity index (χ0n) is 11.9. The molecular weight excluding hydrogens is 302 g/mol. The minimum absolute atomic E-state index is 0.0296. The van der Waals surface area contributed by atoms with E-state index < -0.39 is 4.92 Å². The van der Waals surface area contributed by atoms with E-state index in [0.717, 1.165) is 30.4 Å². The molecule has 0 fully saturated rings. The van der Waals surface area contributed by atoms with Gasteiger partial charge in [0.05, 0.1) is 10.5 Å². The van der Waals surface area contributed by atoms with Crippen LogP contribution in [-0.2, 0) is 24.2 Å². The van der Waals surface area contributed by atoms with Crippen molar-refractivity contribution in [3.63, 3.8) is 0 Å². The zero-order valence-corrected chi connectivity index (χ0v) is 12.7. The highest BCUT2D eigenvalue weighted by Crippen LogP contribution is 2.30. The Labute approximate surface area is 131 Å². The number of nitro groups is 1. The Morgan fingerprint density at radius 2 is 1.95 bits per heavy atom. The second-order valence-electron chi connectivity index (χ2n) is 5.26. The molecule has 114 valence electrons. The van der Waals surface area contributed by atoms with Crippen LogP contribution >= 0.6 is 11.3 Å². The Morgan fingerprint density at radius 1 is 1.23 bits per heavy atom. The lowest BCUT2D eigenvalue weighted by Gasteiger charge is -2.12. The number of nitro benzene ring substituents is 1. The molecular formula is C16H15NO4S. The van der Waals surface area contributed by atoms with E-state index >= 15 is 0 Å². The van der Waals surface area contributed by atoms with E-state index in [2.05, 4.69) is 0 Å². The van der Waals surface area contributed by atoms with Crippen LogP contribution in [0.1, 0.15) is 39.2 Å². The molecule has 1 heterocycles. The van der Waals surface area contributed by atoms with Crippen LogP contribution < -0.4 is 0 Å². The molecule has 5 nitrogen and oxygen atoms in total. The van der Waals surface area contributed by atoms with Crippen molar-refractivity contribution < 1.29 is 14.5 Å². The Bertz CT molecular complexity index is 705. The van der Waals surface area contributed by atoms with Gasteiger partial charge in [0, 0.05) is 22.4 Å². The third-order valence-corrected chi connectivity index (χ3v) is 4.89. The number of nitrogens with zero attached hydrogens (tertiary/aromatic N) is 1. The first-order valence-corrected chi connectivity index (χ1v) is 8.03. The quantitative estimate of drug-likeness (QED) is 0.487. The number of carbonyl (C=O) groups excluding carboxylic acids is 1. The predicted molar refractivity (Wildman–Crippen MR) is 83.2 cm³/mol. The van der Waals surface area contributed by atoms with E-state index in [4.69, 9.17) is 4.74 Å². The molecule has 1 aromatic heterocycles. The Balaban J connectivity index is 1.65. The van der Waals surface area contributed by atoms with Crippen molar-refractivity contribution in [3.8, 4) is 0 Å². The fourth-order valence-electron chi connectivity index (χ4n) is 2.61. The molecule has 6 heteroatoms. The molecule has 0 unspecified atom stereocenters. The van der Waals surface area contributed by atoms with Crippen LogP contribution in [-0.4, -0.2) is 10.9 Å². The van der Waals surface area contributed by atoms with Gasteiger partial charge in [0.15, 0.2) is 0 Å². The maximum Gasteiger partial charge on any atom is 0.339 e. The summed E-state index contributed by atoms with van der Waals surface area (Å²) in [6.07, 6.45) is 4.30. The van der Waals surface area contributed by atoms with Gasteiger partial charge in [0.25, 0.3) is 5.69 Å². The maximum absolute atomic E-state index is 12.2. The number of non-ortho nitro benzene ring substituents is 1. The van der Waals surface area contributed by atoms with Crippen LogP contribution in [0.25, 0.3) is 0 Å². The molecule has 0 amide bonds. The number of aryl methyl sites for hydroxylation is 1. The minimum Gasteiger partial charge on any atom is -0.457 e. The number of hydrogen-bond acceptors (Lipinski definition) is 5. The standard InChI is InChI=1S/C16H15NO4S/c18-16(14-10-22-15-4-2-1-3-13(14)15)21-9-11-5-7-12(8-6-11)17(19)20/h5-8,10H,1-4,9H2. The number of hydrogen-bond donors (Lipinski definition) is 0. The van der Waals surface area contributed by atoms with Gasteiger partial charge in [-0.05, 0) is 48.9 Å². The smallest absolute Gasteiger partial charge is 0.339 e. The molecule has 3 rings (SSSR count). The summed E-state index contributed by atoms with van der Waals surface area (Å²) in [6, 6.07) is 6.04. The normalized spacial score (nSPS) is 13.5. The van der Waals surface area contributed by atoms with Crippen LogP contribution in [0.5, 0.6) is 0 Å². The van der Waals surface area contributed by atoms with E-state index in [1.165, 1.54) is 23.4 Å². The molecule has 0 saturated heterocycles. The average Bonchev–Trinajstić information content (AvgIpc) is 2.97. The molecule has 1 aliphatic carbocycles. The summed E-state index contributed by atoms with van der Waals surface area (Å²) in [5.41, 5.74) is 2.59. The summed E-state index contributed by atoms with van der Waals surface area (Å²) in [7, 11) is 0. The average molecular weight is 317 g/mol. The highest BCUT2D eigenvalue weighted by molar-refractivity contribution is 7.10. The van der Waals surface area contributed by atoms with Gasteiger partial charge in [0.2, 0.25) is 0 Å². The van der Waals surface area contributed by atoms with E-state index in [-0.39, 0.29) is 18.3 Å². The van der Waals surface area contributed by atoms with Crippen LogP contribution in [0, 0.1) is 10.1 Å². The molecule has 1 aliphatic rings. The van der Waals surface area contributed by atoms with Crippen LogP contribution in [0.15, 0.2) is 29.6 Å². The second-order valence-corrected chi connectivity index (χ2v) is 6.22. The summed E-state index contributed by atoms with van der Waals surface area (Å²) in [5.74, 6) is -0.308. The van der Waals surface area contributed by atoms with E-state index in [1.54, 1.807) is 23.5 Å². The Kier molecular flexibility index (Phi) is 4.20. The fraction of sp³-hybridized carbons (Fsp3) is 0.312. The molecule has 0 bridgehead atoms. The number of ether oxygens (including phenoxy) is 1. The second kappa shape index (κ2) is 6.27. The van der Waals surface area contributed by atoms with Crippen molar-refractivity contribution in [3.05, 3.63) is 61.3 Å². The van der Waals surface area contributed by atoms with Gasteiger partial charge in [0.1, 0.15) is 6.61 Å². The minimum atomic E-state index is -0.451. The maximum atomic E-state index is 12.2. The number of esters is 1. The lowest BCUT2D eigenvalue weighted by Crippen LogP contribution is -2.09. The number of thiophene rings is 1. The SMILES string of the molecule is O=C(OCc1ccc([N+](=O)[O-])cc1)c1csc2c1CCCC2. The van der Waals surface area contributed by atoms with E-state index in [0.29, 0.717) is 5.56 Å². The first-order chi connectivity index (χ1) is 10.6. The highest BCUT2D eigenvalue weighted by Gasteiger charge is 2.21. The zero-order chi connectivity index (χ0) is 15.5. The number of carbonyl (C=O) groups is 1. The lowest BCUT2D eigenvalue weighted by molar-refractivity contribution is -0.384. The lowest BCUT2D eigenvalue weighted by atomic mass is 9.96. The molecule has 22 heavy (non-hydrogen) atoms. The molecule has 0 atom stereocenters. The van der Waals surface area contributed by atoms with E-state index in [9.17, 15) is 14.9 Å². The van der Waals surface area contributed by atoms with E-state index in [1.807, 2.05) is 5.38 Å². The van der Waals surface area contributed by atoms with Crippen molar-refractivity contribution in [2.24, 2.45) is 0 Å². The summed E-state index contributed by atoms with van der Waals surface area (Å²) in [5, 5.41) is 12.5. The third-order valence-electron chi connectivity index (χ3n) is 3.80. The fourth-order valence-corrected chi connectivity index (χ4v) is 3.72. The van der Waals surface area contributed by atoms with Gasteiger partial charge >= 0.3 is 5.97 Å². The van der Waals surface area contributed by atoms with Crippen molar-refractivity contribution >= 4 is 23.0 Å². The predicted octanol–water partition coefficient (Wildman–Crippen LogP) is 3.89. The molecule has 0 aliphatic heterocycles. The Morgan fingerprint density at radius 3 is 2.68 bits per heavy atom. The van der Waals surface area contributed by atoms with Crippen molar-refractivity contribution in [2.45, 2.75) is 32.3 Å². The Hall–Kier alpha value is -2.21. The number of fused-ring (bicyclic) bond motifs is 1. The third kappa shape index (κ3) is 3.01. The van der Waals surface area contributed by atoms with Crippen molar-refractivity contribution in [1.29, 1.82) is 0 Å². The van der Waals surface area contributed by atoms with Crippen molar-refractivity contribution in [1.82, 2.24) is 0 Å². The summed E-state index contributed by atoms with van der Waals surface area (Å²) in [4.78, 5) is 23.6. The number of benzene rings is 1. The van der Waals surface area contributed by atoms with Gasteiger partial charge in [-0.1, -0.05) is 0 Å². The summed E-state index contributed by atoms with van der Waals surface area (Å²) >= 11 is 1.63. The van der Waals surface area contributed by atoms with Gasteiger partial charge in [-0.2, -0.15) is 0 Å². The molecule has 0 N–H and O–H groups in total. The molecule has 0 saturated carbocycles. The summed E-state index contributed by atoms with van der Waals surface area (Å²) in [6.45, 7) is 0.126. The monoisotopic (exact) mass is 317 g/mol. The van der Waals surface area contributed by atoms with Gasteiger partial charge < -0.3 is 4.74 Å². The van der Waals surface area contributed by atoms with Crippen LogP contribution in [0.4, 0.5) is 5.69 Å². The largest absolute Gasteiger partial charge is 0.457 e. The first kappa shape index (κ1) is 14.7. The molecule has 1 aromatic carbocycles. The topological polar surface area (TPSA) is 69.4 Å². The van der Waals surface area contributed by atoms with Crippen LogP contribution in [0.3, 0.4) is 0 Å². The molecule has 0 spiro atoms. The van der Waals surface area contributed by atoms with Gasteiger partial charge in [-0.25, -0.2) is 4.79 Å². The molecule has 0 radical (unpaired) electrons.